The van der Waals surface area contributed by atoms with E-state index >= 15 is 0 Å². The zero-order chi connectivity index (χ0) is 23.0. The zero-order valence-electron chi connectivity index (χ0n) is 17.5. The molecule has 0 amide bonds. The van der Waals surface area contributed by atoms with Crippen molar-refractivity contribution in [2.24, 2.45) is 5.92 Å². The molecule has 0 saturated heterocycles. The Morgan fingerprint density at radius 2 is 1.78 bits per heavy atom. The molecule has 1 N–H and O–H groups in total. The molecule has 0 aliphatic carbocycles. The Morgan fingerprint density at radius 3 is 2.41 bits per heavy atom. The van der Waals surface area contributed by atoms with Crippen LogP contribution in [0.2, 0.25) is 10.0 Å². The third kappa shape index (κ3) is 4.04. The quantitative estimate of drug-likeness (QED) is 0.380. The molecule has 2 aromatic heterocycles. The lowest BCUT2D eigenvalue weighted by Gasteiger charge is -2.10. The van der Waals surface area contributed by atoms with E-state index in [2.05, 4.69) is 0 Å². The lowest BCUT2D eigenvalue weighted by atomic mass is 10.1. The van der Waals surface area contributed by atoms with Crippen molar-refractivity contribution in [1.29, 1.82) is 0 Å². The largest absolute Gasteiger partial charge is 0.477 e. The number of aromatic carboxylic acids is 1. The van der Waals surface area contributed by atoms with Crippen molar-refractivity contribution in [2.45, 2.75) is 26.8 Å². The van der Waals surface area contributed by atoms with Gasteiger partial charge in [0.25, 0.3) is 5.56 Å². The second-order valence-electron chi connectivity index (χ2n) is 7.96. The van der Waals surface area contributed by atoms with Crippen molar-refractivity contribution in [3.05, 3.63) is 80.6 Å². The van der Waals surface area contributed by atoms with Crippen LogP contribution in [0.4, 0.5) is 0 Å². The molecule has 0 radical (unpaired) electrons. The first kappa shape index (κ1) is 22.1. The van der Waals surface area contributed by atoms with Crippen molar-refractivity contribution in [3.8, 4) is 16.9 Å². The van der Waals surface area contributed by atoms with E-state index in [-0.39, 0.29) is 5.56 Å². The Bertz CT molecular complexity index is 1370. The molecule has 0 bridgehead atoms. The molecule has 0 atom stereocenters. The van der Waals surface area contributed by atoms with Gasteiger partial charge in [0, 0.05) is 22.5 Å². The fraction of sp³-hybridized carbons (Fsp3) is 0.208. The Hall–Kier alpha value is -3.09. The van der Waals surface area contributed by atoms with Crippen molar-refractivity contribution < 1.29 is 9.90 Å². The van der Waals surface area contributed by atoms with Gasteiger partial charge in [0.05, 0.1) is 16.4 Å². The molecule has 0 fully saturated rings. The molecule has 8 heteroatoms. The van der Waals surface area contributed by atoms with E-state index in [0.717, 1.165) is 5.56 Å². The van der Waals surface area contributed by atoms with Gasteiger partial charge in [0.1, 0.15) is 5.56 Å². The van der Waals surface area contributed by atoms with Crippen molar-refractivity contribution in [2.75, 3.05) is 0 Å². The second kappa shape index (κ2) is 8.81. The summed E-state index contributed by atoms with van der Waals surface area (Å²) in [4.78, 5) is 24.9. The number of carboxylic acid groups (broad SMARTS) is 1. The van der Waals surface area contributed by atoms with Crippen LogP contribution >= 0.6 is 23.2 Å². The predicted molar refractivity (Wildman–Crippen MR) is 127 cm³/mol. The number of carboxylic acids is 1. The number of halogens is 2. The molecular formula is C24H21Cl2N3O3. The van der Waals surface area contributed by atoms with Gasteiger partial charge >= 0.3 is 5.97 Å². The van der Waals surface area contributed by atoms with E-state index in [9.17, 15) is 14.7 Å². The molecule has 6 nitrogen and oxygen atoms in total. The zero-order valence-corrected chi connectivity index (χ0v) is 19.1. The van der Waals surface area contributed by atoms with Gasteiger partial charge in [-0.1, -0.05) is 61.3 Å². The molecule has 0 saturated carbocycles. The third-order valence-electron chi connectivity index (χ3n) is 5.28. The number of pyridine rings is 1. The minimum absolute atomic E-state index is 0.296. The number of para-hydroxylation sites is 1. The molecule has 0 aliphatic rings. The molecule has 2 heterocycles. The van der Waals surface area contributed by atoms with Gasteiger partial charge in [0.15, 0.2) is 5.65 Å². The molecular weight excluding hydrogens is 449 g/mol. The SMILES string of the molecule is CC(C)CCn1c(=O)c(C(=O)O)cc2c(-c3ccc(Cl)cc3)n(-c3ccccc3Cl)nc21. The van der Waals surface area contributed by atoms with Crippen LogP contribution in [0.15, 0.2) is 59.4 Å². The minimum atomic E-state index is -1.28. The molecule has 0 spiro atoms. The summed E-state index contributed by atoms with van der Waals surface area (Å²) in [6.45, 7) is 4.45. The number of fused-ring (bicyclic) bond motifs is 1. The van der Waals surface area contributed by atoms with Gasteiger partial charge in [-0.05, 0) is 42.7 Å². The molecule has 0 unspecified atom stereocenters. The number of hydrogen-bond acceptors (Lipinski definition) is 3. The lowest BCUT2D eigenvalue weighted by Crippen LogP contribution is -2.27. The van der Waals surface area contributed by atoms with Gasteiger partial charge in [0.2, 0.25) is 0 Å². The van der Waals surface area contributed by atoms with Gasteiger partial charge in [-0.25, -0.2) is 9.48 Å². The summed E-state index contributed by atoms with van der Waals surface area (Å²) >= 11 is 12.6. The van der Waals surface area contributed by atoms with Crippen molar-refractivity contribution in [1.82, 2.24) is 14.3 Å². The molecule has 164 valence electrons. The van der Waals surface area contributed by atoms with Gasteiger partial charge < -0.3 is 5.11 Å². The van der Waals surface area contributed by atoms with Crippen LogP contribution in [-0.4, -0.2) is 25.4 Å². The molecule has 0 aliphatic heterocycles. The summed E-state index contributed by atoms with van der Waals surface area (Å²) in [5, 5.41) is 16.1. The van der Waals surface area contributed by atoms with E-state index < -0.39 is 11.5 Å². The summed E-state index contributed by atoms with van der Waals surface area (Å²) in [7, 11) is 0. The summed E-state index contributed by atoms with van der Waals surface area (Å²) in [5.74, 6) is -0.949. The third-order valence-corrected chi connectivity index (χ3v) is 5.85. The number of nitrogens with zero attached hydrogens (tertiary/aromatic N) is 3. The van der Waals surface area contributed by atoms with E-state index in [0.29, 0.717) is 51.3 Å². The summed E-state index contributed by atoms with van der Waals surface area (Å²) < 4.78 is 3.11. The molecule has 32 heavy (non-hydrogen) atoms. The highest BCUT2D eigenvalue weighted by atomic mass is 35.5. The lowest BCUT2D eigenvalue weighted by molar-refractivity contribution is 0.0694. The van der Waals surface area contributed by atoms with E-state index in [1.165, 1.54) is 10.6 Å². The summed E-state index contributed by atoms with van der Waals surface area (Å²) in [6.07, 6.45) is 0.702. The maximum absolute atomic E-state index is 13.0. The maximum atomic E-state index is 13.0. The first-order valence-electron chi connectivity index (χ1n) is 10.2. The second-order valence-corrected chi connectivity index (χ2v) is 8.80. The number of carbonyl (C=O) groups is 1. The number of aromatic nitrogens is 3. The van der Waals surface area contributed by atoms with E-state index in [1.54, 1.807) is 22.9 Å². The standard InChI is InChI=1S/C24H21Cl2N3O3/c1-14(2)11-12-28-22-17(13-18(23(28)30)24(31)32)21(15-7-9-16(25)10-8-15)29(27-22)20-6-4-3-5-19(20)26/h3-10,13-14H,11-12H2,1-2H3,(H,31,32). The van der Waals surface area contributed by atoms with E-state index in [4.69, 9.17) is 28.3 Å². The normalized spacial score (nSPS) is 11.4. The number of aryl methyl sites for hydroxylation is 1. The Balaban J connectivity index is 2.13. The first-order valence-corrected chi connectivity index (χ1v) is 10.9. The Kier molecular flexibility index (Phi) is 6.09. The van der Waals surface area contributed by atoms with Crippen molar-refractivity contribution in [3.63, 3.8) is 0 Å². The Morgan fingerprint density at radius 1 is 1.09 bits per heavy atom. The van der Waals surface area contributed by atoms with Crippen LogP contribution in [0.25, 0.3) is 28.0 Å². The number of hydrogen-bond donors (Lipinski definition) is 1. The van der Waals surface area contributed by atoms with E-state index in [1.807, 2.05) is 44.2 Å². The smallest absolute Gasteiger partial charge is 0.341 e. The number of benzene rings is 2. The maximum Gasteiger partial charge on any atom is 0.341 e. The average Bonchev–Trinajstić information content (AvgIpc) is 3.12. The Labute approximate surface area is 194 Å². The number of rotatable bonds is 6. The fourth-order valence-corrected chi connectivity index (χ4v) is 3.97. The highest BCUT2D eigenvalue weighted by Gasteiger charge is 2.23. The van der Waals surface area contributed by atoms with Crippen LogP contribution in [0.3, 0.4) is 0 Å². The van der Waals surface area contributed by atoms with Gasteiger partial charge in [-0.2, -0.15) is 0 Å². The highest BCUT2D eigenvalue weighted by molar-refractivity contribution is 6.32. The monoisotopic (exact) mass is 469 g/mol. The summed E-state index contributed by atoms with van der Waals surface area (Å²) in [6, 6.07) is 15.8. The van der Waals surface area contributed by atoms with Crippen molar-refractivity contribution >= 4 is 40.2 Å². The minimum Gasteiger partial charge on any atom is -0.477 e. The fourth-order valence-electron chi connectivity index (χ4n) is 3.63. The summed E-state index contributed by atoms with van der Waals surface area (Å²) in [5.41, 5.74) is 1.56. The highest BCUT2D eigenvalue weighted by Crippen LogP contribution is 2.34. The van der Waals surface area contributed by atoms with Crippen LogP contribution in [0.1, 0.15) is 30.6 Å². The average molecular weight is 470 g/mol. The van der Waals surface area contributed by atoms with Gasteiger partial charge in [-0.3, -0.25) is 9.36 Å². The topological polar surface area (TPSA) is 77.1 Å². The van der Waals surface area contributed by atoms with Crippen LogP contribution in [0, 0.1) is 5.92 Å². The van der Waals surface area contributed by atoms with Crippen LogP contribution in [0.5, 0.6) is 0 Å². The molecule has 4 rings (SSSR count). The predicted octanol–water partition coefficient (Wildman–Crippen LogP) is 5.91. The van der Waals surface area contributed by atoms with Crippen LogP contribution in [-0.2, 0) is 6.54 Å². The van der Waals surface area contributed by atoms with Crippen LogP contribution < -0.4 is 5.56 Å². The first-order chi connectivity index (χ1) is 15.3. The van der Waals surface area contributed by atoms with Gasteiger partial charge in [-0.15, -0.1) is 5.10 Å². The molecule has 4 aromatic rings. The molecule has 2 aromatic carbocycles.